The molecular formula is C26H33F3N6O3. The van der Waals surface area contributed by atoms with Crippen LogP contribution < -0.4 is 21.1 Å². The SMILES string of the molecule is CN=C(Nc1cnccc1C1CCN(C(=O)c2ccc(OC(F)(F)F)cc2N)CC1)[C@H]1CNCC(C)(C)O1. The molecule has 0 bridgehead atoms. The Bertz CT molecular complexity index is 1180. The van der Waals surface area contributed by atoms with E-state index in [-0.39, 0.29) is 34.8 Å². The molecule has 0 saturated carbocycles. The summed E-state index contributed by atoms with van der Waals surface area (Å²) in [5, 5.41) is 6.81. The number of aromatic nitrogens is 1. The van der Waals surface area contributed by atoms with Crippen LogP contribution in [0.15, 0.2) is 41.7 Å². The zero-order valence-electron chi connectivity index (χ0n) is 21.6. The highest BCUT2D eigenvalue weighted by Gasteiger charge is 2.33. The Morgan fingerprint density at radius 2 is 2.03 bits per heavy atom. The Kier molecular flexibility index (Phi) is 8.12. The minimum absolute atomic E-state index is 0.0616. The van der Waals surface area contributed by atoms with Crippen molar-refractivity contribution in [2.24, 2.45) is 4.99 Å². The first-order valence-electron chi connectivity index (χ1n) is 12.5. The Balaban J connectivity index is 1.41. The number of ether oxygens (including phenoxy) is 2. The van der Waals surface area contributed by atoms with E-state index < -0.39 is 12.1 Å². The quantitative estimate of drug-likeness (QED) is 0.304. The summed E-state index contributed by atoms with van der Waals surface area (Å²) in [7, 11) is 1.72. The van der Waals surface area contributed by atoms with E-state index in [1.54, 1.807) is 24.3 Å². The van der Waals surface area contributed by atoms with E-state index in [4.69, 9.17) is 10.5 Å². The van der Waals surface area contributed by atoms with Crippen LogP contribution in [0.2, 0.25) is 0 Å². The molecule has 3 heterocycles. The van der Waals surface area contributed by atoms with E-state index >= 15 is 0 Å². The van der Waals surface area contributed by atoms with Gasteiger partial charge in [-0.15, -0.1) is 13.2 Å². The predicted octanol–water partition coefficient (Wildman–Crippen LogP) is 3.79. The van der Waals surface area contributed by atoms with Crippen molar-refractivity contribution in [2.75, 3.05) is 44.3 Å². The predicted molar refractivity (Wildman–Crippen MR) is 138 cm³/mol. The number of pyridine rings is 1. The molecule has 1 amide bonds. The summed E-state index contributed by atoms with van der Waals surface area (Å²) >= 11 is 0. The maximum absolute atomic E-state index is 13.1. The molecule has 206 valence electrons. The molecule has 0 aliphatic carbocycles. The number of halogens is 3. The monoisotopic (exact) mass is 534 g/mol. The number of nitrogens with two attached hydrogens (primary N) is 1. The number of benzene rings is 1. The highest BCUT2D eigenvalue weighted by molar-refractivity contribution is 6.00. The average molecular weight is 535 g/mol. The van der Waals surface area contributed by atoms with Crippen LogP contribution in [0.4, 0.5) is 24.5 Å². The van der Waals surface area contributed by atoms with Gasteiger partial charge >= 0.3 is 6.36 Å². The number of piperidine rings is 1. The number of morpholine rings is 1. The minimum Gasteiger partial charge on any atom is -0.406 e. The number of nitrogens with one attached hydrogen (secondary N) is 2. The van der Waals surface area contributed by atoms with Crippen molar-refractivity contribution in [1.29, 1.82) is 0 Å². The van der Waals surface area contributed by atoms with Gasteiger partial charge in [0.05, 0.1) is 23.0 Å². The van der Waals surface area contributed by atoms with Crippen molar-refractivity contribution in [1.82, 2.24) is 15.2 Å². The molecule has 2 aromatic rings. The lowest BCUT2D eigenvalue weighted by Crippen LogP contribution is -2.54. The van der Waals surface area contributed by atoms with Crippen LogP contribution in [-0.4, -0.2) is 72.9 Å². The fourth-order valence-corrected chi connectivity index (χ4v) is 4.91. The second-order valence-corrected chi connectivity index (χ2v) is 10.1. The number of hydrogen-bond acceptors (Lipinski definition) is 7. The molecule has 9 nitrogen and oxygen atoms in total. The van der Waals surface area contributed by atoms with Crippen molar-refractivity contribution < 1.29 is 27.4 Å². The number of alkyl halides is 3. The van der Waals surface area contributed by atoms with Gasteiger partial charge < -0.3 is 30.7 Å². The molecule has 0 radical (unpaired) electrons. The molecule has 4 rings (SSSR count). The van der Waals surface area contributed by atoms with E-state index in [0.717, 1.165) is 29.9 Å². The van der Waals surface area contributed by atoms with Gasteiger partial charge in [-0.3, -0.25) is 14.8 Å². The number of carbonyl (C=O) groups excluding carboxylic acids is 1. The fraction of sp³-hybridized carbons (Fsp3) is 0.500. The molecular weight excluding hydrogens is 501 g/mol. The first-order valence-corrected chi connectivity index (χ1v) is 12.5. The van der Waals surface area contributed by atoms with E-state index in [1.165, 1.54) is 6.07 Å². The number of nitrogen functional groups attached to an aromatic ring is 1. The highest BCUT2D eigenvalue weighted by atomic mass is 19.4. The summed E-state index contributed by atoms with van der Waals surface area (Å²) in [6.07, 6.45) is -0.145. The van der Waals surface area contributed by atoms with Gasteiger partial charge in [0, 0.05) is 51.2 Å². The Hall–Kier alpha value is -3.38. The minimum atomic E-state index is -4.83. The summed E-state index contributed by atoms with van der Waals surface area (Å²) in [4.78, 5) is 23.5. The Morgan fingerprint density at radius 3 is 2.66 bits per heavy atom. The Labute approximate surface area is 219 Å². The number of carbonyl (C=O) groups is 1. The standard InChI is InChI=1S/C26H33F3N6O3/c1-25(2)15-33-14-22(38-25)23(31-3)34-21-13-32-9-6-18(21)16-7-10-35(11-8-16)24(36)19-5-4-17(12-20(19)30)37-26(27,28)29/h4-6,9,12-13,16,22,33H,7-8,10-11,14-15,30H2,1-3H3,(H,31,34)/t22-/m1/s1. The van der Waals surface area contributed by atoms with E-state index in [9.17, 15) is 18.0 Å². The fourth-order valence-electron chi connectivity index (χ4n) is 4.91. The molecule has 2 saturated heterocycles. The van der Waals surface area contributed by atoms with Gasteiger partial charge in [0.25, 0.3) is 5.91 Å². The van der Waals surface area contributed by atoms with Gasteiger partial charge in [-0.25, -0.2) is 0 Å². The number of likely N-dealkylation sites (tertiary alicyclic amines) is 1. The normalized spacial score (nSPS) is 20.7. The van der Waals surface area contributed by atoms with Crippen LogP contribution >= 0.6 is 0 Å². The summed E-state index contributed by atoms with van der Waals surface area (Å²) in [5.41, 5.74) is 7.58. The first-order chi connectivity index (χ1) is 18.0. The molecule has 0 unspecified atom stereocenters. The summed E-state index contributed by atoms with van der Waals surface area (Å²) in [6.45, 7) is 6.41. The lowest BCUT2D eigenvalue weighted by atomic mass is 9.88. The van der Waals surface area contributed by atoms with Crippen molar-refractivity contribution in [2.45, 2.75) is 50.7 Å². The number of nitrogens with zero attached hydrogens (tertiary/aromatic N) is 3. The lowest BCUT2D eigenvalue weighted by Gasteiger charge is -2.37. The van der Waals surface area contributed by atoms with Crippen LogP contribution in [0.1, 0.15) is 48.5 Å². The second-order valence-electron chi connectivity index (χ2n) is 10.1. The smallest absolute Gasteiger partial charge is 0.406 e. The van der Waals surface area contributed by atoms with Crippen molar-refractivity contribution in [3.05, 3.63) is 47.8 Å². The van der Waals surface area contributed by atoms with Crippen molar-refractivity contribution in [3.63, 3.8) is 0 Å². The van der Waals surface area contributed by atoms with Gasteiger partial charge in [0.2, 0.25) is 0 Å². The third kappa shape index (κ3) is 6.73. The number of amidine groups is 1. The zero-order chi connectivity index (χ0) is 27.5. The van der Waals surface area contributed by atoms with Crippen molar-refractivity contribution in [3.8, 4) is 5.75 Å². The van der Waals surface area contributed by atoms with Gasteiger partial charge in [0.15, 0.2) is 0 Å². The highest BCUT2D eigenvalue weighted by Crippen LogP contribution is 2.34. The third-order valence-corrected chi connectivity index (χ3v) is 6.71. The van der Waals surface area contributed by atoms with Crippen LogP contribution in [-0.2, 0) is 4.74 Å². The van der Waals surface area contributed by atoms with Gasteiger partial charge in [0.1, 0.15) is 17.7 Å². The Morgan fingerprint density at radius 1 is 1.29 bits per heavy atom. The number of hydrogen-bond donors (Lipinski definition) is 3. The molecule has 38 heavy (non-hydrogen) atoms. The van der Waals surface area contributed by atoms with Crippen LogP contribution in [0, 0.1) is 0 Å². The molecule has 1 atom stereocenters. The molecule has 2 aliphatic heterocycles. The maximum atomic E-state index is 13.1. The van der Waals surface area contributed by atoms with Gasteiger partial charge in [-0.05, 0) is 56.4 Å². The van der Waals surface area contributed by atoms with E-state index in [2.05, 4.69) is 25.3 Å². The number of rotatable bonds is 5. The van der Waals surface area contributed by atoms with Crippen LogP contribution in [0.25, 0.3) is 0 Å². The molecule has 4 N–H and O–H groups in total. The largest absolute Gasteiger partial charge is 0.573 e. The first kappa shape index (κ1) is 27.6. The molecule has 1 aromatic carbocycles. The van der Waals surface area contributed by atoms with E-state index in [1.807, 2.05) is 19.9 Å². The topological polar surface area (TPSA) is 114 Å². The van der Waals surface area contributed by atoms with Gasteiger partial charge in [-0.1, -0.05) is 0 Å². The zero-order valence-corrected chi connectivity index (χ0v) is 21.6. The average Bonchev–Trinajstić information content (AvgIpc) is 2.86. The lowest BCUT2D eigenvalue weighted by molar-refractivity contribution is -0.274. The molecule has 1 aromatic heterocycles. The summed E-state index contributed by atoms with van der Waals surface area (Å²) in [5.74, 6) is 0.0958. The van der Waals surface area contributed by atoms with E-state index in [0.29, 0.717) is 38.3 Å². The molecule has 12 heteroatoms. The molecule has 0 spiro atoms. The maximum Gasteiger partial charge on any atom is 0.573 e. The summed E-state index contributed by atoms with van der Waals surface area (Å²) in [6, 6.07) is 5.35. The van der Waals surface area contributed by atoms with Crippen molar-refractivity contribution >= 4 is 23.1 Å². The van der Waals surface area contributed by atoms with Gasteiger partial charge in [-0.2, -0.15) is 0 Å². The van der Waals surface area contributed by atoms with Crippen LogP contribution in [0.3, 0.4) is 0 Å². The molecule has 2 aliphatic rings. The number of aliphatic imine (C=N–C) groups is 1. The molecule has 2 fully saturated rings. The second kappa shape index (κ2) is 11.2. The third-order valence-electron chi connectivity index (χ3n) is 6.71. The number of amides is 1. The summed E-state index contributed by atoms with van der Waals surface area (Å²) < 4.78 is 47.5. The number of anilines is 2. The van der Waals surface area contributed by atoms with Crippen LogP contribution in [0.5, 0.6) is 5.75 Å².